The van der Waals surface area contributed by atoms with Gasteiger partial charge in [-0.1, -0.05) is 0 Å². The number of hydrogen-bond acceptors (Lipinski definition) is 5. The van der Waals surface area contributed by atoms with Crippen molar-refractivity contribution in [2.24, 2.45) is 0 Å². The zero-order valence-electron chi connectivity index (χ0n) is 12.6. The molecule has 6 nitrogen and oxygen atoms in total. The molecule has 0 spiro atoms. The van der Waals surface area contributed by atoms with Gasteiger partial charge in [0.1, 0.15) is 0 Å². The molecule has 0 aromatic heterocycles. The van der Waals surface area contributed by atoms with E-state index < -0.39 is 0 Å². The largest absolute Gasteiger partial charge is 0.394 e. The summed E-state index contributed by atoms with van der Waals surface area (Å²) in [5.41, 5.74) is 0. The van der Waals surface area contributed by atoms with Gasteiger partial charge in [-0.15, -0.1) is 0 Å². The van der Waals surface area contributed by atoms with Gasteiger partial charge in [-0.3, -0.25) is 9.63 Å². The lowest BCUT2D eigenvalue weighted by Gasteiger charge is -2.28. The highest BCUT2D eigenvalue weighted by atomic mass is 16.7. The van der Waals surface area contributed by atoms with Crippen LogP contribution in [0.1, 0.15) is 25.7 Å². The van der Waals surface area contributed by atoms with Crippen LogP contribution in [0.3, 0.4) is 0 Å². The lowest BCUT2D eigenvalue weighted by atomic mass is 10.1. The van der Waals surface area contributed by atoms with E-state index in [1.54, 1.807) is 0 Å². The van der Waals surface area contributed by atoms with Gasteiger partial charge in [0.2, 0.25) is 5.91 Å². The Kier molecular flexibility index (Phi) is 5.77. The highest BCUT2D eigenvalue weighted by Gasteiger charge is 2.35. The van der Waals surface area contributed by atoms with E-state index in [9.17, 15) is 9.90 Å². The maximum atomic E-state index is 12.3. The smallest absolute Gasteiger partial charge is 0.224 e. The Hall–Kier alpha value is -0.690. The summed E-state index contributed by atoms with van der Waals surface area (Å²) in [6, 6.07) is 0.319. The second-order valence-corrected chi connectivity index (χ2v) is 5.95. The SMILES string of the molecule is CN(C)[C@@H]1C[C@@H](CO)N(C(=O)CCN2CCCCO2)C1. The first kappa shape index (κ1) is 15.7. The first-order valence-corrected chi connectivity index (χ1v) is 7.56. The van der Waals surface area contributed by atoms with Gasteiger partial charge in [0.25, 0.3) is 0 Å². The molecule has 1 N–H and O–H groups in total. The van der Waals surface area contributed by atoms with Gasteiger partial charge in [-0.2, -0.15) is 5.06 Å². The summed E-state index contributed by atoms with van der Waals surface area (Å²) >= 11 is 0. The van der Waals surface area contributed by atoms with E-state index in [4.69, 9.17) is 4.84 Å². The van der Waals surface area contributed by atoms with E-state index in [1.807, 2.05) is 24.1 Å². The molecule has 0 radical (unpaired) electrons. The van der Waals surface area contributed by atoms with Gasteiger partial charge in [-0.25, -0.2) is 0 Å². The summed E-state index contributed by atoms with van der Waals surface area (Å²) in [7, 11) is 4.04. The molecule has 6 heteroatoms. The minimum atomic E-state index is -0.0304. The fourth-order valence-electron chi connectivity index (χ4n) is 2.93. The summed E-state index contributed by atoms with van der Waals surface area (Å²) < 4.78 is 0. The number of nitrogens with zero attached hydrogens (tertiary/aromatic N) is 3. The Labute approximate surface area is 121 Å². The van der Waals surface area contributed by atoms with Crippen LogP contribution in [-0.2, 0) is 9.63 Å². The molecule has 2 atom stereocenters. The maximum absolute atomic E-state index is 12.3. The third-order valence-corrected chi connectivity index (χ3v) is 4.30. The van der Waals surface area contributed by atoms with Gasteiger partial charge in [-0.05, 0) is 33.4 Å². The van der Waals surface area contributed by atoms with E-state index in [0.29, 0.717) is 19.0 Å². The van der Waals surface area contributed by atoms with Crippen LogP contribution in [0.5, 0.6) is 0 Å². The molecule has 20 heavy (non-hydrogen) atoms. The van der Waals surface area contributed by atoms with E-state index in [0.717, 1.165) is 39.0 Å². The molecule has 2 aliphatic rings. The van der Waals surface area contributed by atoms with Crippen molar-refractivity contribution in [2.75, 3.05) is 46.9 Å². The molecule has 2 heterocycles. The molecule has 2 saturated heterocycles. The third-order valence-electron chi connectivity index (χ3n) is 4.30. The van der Waals surface area contributed by atoms with Gasteiger partial charge >= 0.3 is 0 Å². The molecule has 2 fully saturated rings. The standard InChI is InChI=1S/C14H27N3O3/c1-15(2)12-9-13(11-18)17(10-12)14(19)5-7-16-6-3-4-8-20-16/h12-13,18H,3-11H2,1-2H3/t12-,13+/m1/s1. The van der Waals surface area contributed by atoms with Crippen LogP contribution in [0.2, 0.25) is 0 Å². The van der Waals surface area contributed by atoms with Crippen molar-refractivity contribution < 1.29 is 14.7 Å². The molecular formula is C14H27N3O3. The number of aliphatic hydroxyl groups excluding tert-OH is 1. The third kappa shape index (κ3) is 3.91. The van der Waals surface area contributed by atoms with Crippen molar-refractivity contribution in [1.82, 2.24) is 14.9 Å². The van der Waals surface area contributed by atoms with Gasteiger partial charge in [0, 0.05) is 32.1 Å². The van der Waals surface area contributed by atoms with Crippen molar-refractivity contribution in [3.63, 3.8) is 0 Å². The average Bonchev–Trinajstić information content (AvgIpc) is 2.90. The Morgan fingerprint density at radius 2 is 2.20 bits per heavy atom. The Bertz CT molecular complexity index is 319. The van der Waals surface area contributed by atoms with Crippen LogP contribution >= 0.6 is 0 Å². The number of carbonyl (C=O) groups is 1. The maximum Gasteiger partial charge on any atom is 0.224 e. The van der Waals surface area contributed by atoms with E-state index >= 15 is 0 Å². The predicted molar refractivity (Wildman–Crippen MR) is 76.1 cm³/mol. The first-order valence-electron chi connectivity index (χ1n) is 7.56. The van der Waals surface area contributed by atoms with Gasteiger partial charge < -0.3 is 14.9 Å². The molecule has 116 valence electrons. The normalized spacial score (nSPS) is 28.3. The van der Waals surface area contributed by atoms with Crippen LogP contribution in [0, 0.1) is 0 Å². The Morgan fingerprint density at radius 1 is 1.40 bits per heavy atom. The minimum Gasteiger partial charge on any atom is -0.394 e. The summed E-state index contributed by atoms with van der Waals surface area (Å²) in [5.74, 6) is 0.127. The highest BCUT2D eigenvalue weighted by molar-refractivity contribution is 5.77. The number of hydrogen-bond donors (Lipinski definition) is 1. The summed E-state index contributed by atoms with van der Waals surface area (Å²) in [5, 5.41) is 11.4. The fraction of sp³-hybridized carbons (Fsp3) is 0.929. The Morgan fingerprint density at radius 3 is 2.80 bits per heavy atom. The zero-order chi connectivity index (χ0) is 14.5. The van der Waals surface area contributed by atoms with Crippen molar-refractivity contribution in [1.29, 1.82) is 0 Å². The van der Waals surface area contributed by atoms with Crippen LogP contribution in [0.4, 0.5) is 0 Å². The van der Waals surface area contributed by atoms with E-state index in [1.165, 1.54) is 0 Å². The molecule has 0 unspecified atom stereocenters. The molecule has 2 rings (SSSR count). The molecule has 0 bridgehead atoms. The number of likely N-dealkylation sites (N-methyl/N-ethyl adjacent to an activating group) is 1. The second-order valence-electron chi connectivity index (χ2n) is 5.95. The quantitative estimate of drug-likeness (QED) is 0.766. The van der Waals surface area contributed by atoms with Crippen molar-refractivity contribution in [3.05, 3.63) is 0 Å². The van der Waals surface area contributed by atoms with Gasteiger partial charge in [0.05, 0.1) is 19.3 Å². The molecule has 2 aliphatic heterocycles. The van der Waals surface area contributed by atoms with Crippen LogP contribution in [-0.4, -0.2) is 84.9 Å². The van der Waals surface area contributed by atoms with Crippen LogP contribution in [0.25, 0.3) is 0 Å². The molecular weight excluding hydrogens is 258 g/mol. The second kappa shape index (κ2) is 7.36. The minimum absolute atomic E-state index is 0.0304. The van der Waals surface area contributed by atoms with Gasteiger partial charge in [0.15, 0.2) is 0 Å². The molecule has 0 saturated carbocycles. The molecule has 0 aromatic rings. The summed E-state index contributed by atoms with van der Waals surface area (Å²) in [4.78, 5) is 21.8. The number of amides is 1. The number of rotatable bonds is 5. The number of carbonyl (C=O) groups excluding carboxylic acids is 1. The first-order chi connectivity index (χ1) is 9.61. The van der Waals surface area contributed by atoms with E-state index in [-0.39, 0.29) is 18.6 Å². The van der Waals surface area contributed by atoms with Crippen molar-refractivity contribution >= 4 is 5.91 Å². The average molecular weight is 285 g/mol. The van der Waals surface area contributed by atoms with E-state index in [2.05, 4.69) is 4.90 Å². The molecule has 1 amide bonds. The molecule has 0 aromatic carbocycles. The highest BCUT2D eigenvalue weighted by Crippen LogP contribution is 2.21. The van der Waals surface area contributed by atoms with Crippen molar-refractivity contribution in [2.45, 2.75) is 37.8 Å². The van der Waals surface area contributed by atoms with Crippen LogP contribution < -0.4 is 0 Å². The number of hydroxylamine groups is 2. The number of aliphatic hydroxyl groups is 1. The predicted octanol–water partition coefficient (Wildman–Crippen LogP) is -0.0727. The number of likely N-dealkylation sites (tertiary alicyclic amines) is 1. The van der Waals surface area contributed by atoms with Crippen LogP contribution in [0.15, 0.2) is 0 Å². The molecule has 0 aliphatic carbocycles. The monoisotopic (exact) mass is 285 g/mol. The topological polar surface area (TPSA) is 56.2 Å². The Balaban J connectivity index is 1.81. The lowest BCUT2D eigenvalue weighted by Crippen LogP contribution is -2.41. The fourth-order valence-corrected chi connectivity index (χ4v) is 2.93. The van der Waals surface area contributed by atoms with Crippen molar-refractivity contribution in [3.8, 4) is 0 Å². The summed E-state index contributed by atoms with van der Waals surface area (Å²) in [6.07, 6.45) is 3.57. The summed E-state index contributed by atoms with van der Waals surface area (Å²) in [6.45, 7) is 3.10. The lowest BCUT2D eigenvalue weighted by molar-refractivity contribution is -0.182. The zero-order valence-corrected chi connectivity index (χ0v) is 12.6.